The number of aromatic nitrogens is 1. The van der Waals surface area contributed by atoms with Crippen LogP contribution in [0, 0.1) is 0 Å². The zero-order valence-corrected chi connectivity index (χ0v) is 16.4. The third kappa shape index (κ3) is 3.13. The summed E-state index contributed by atoms with van der Waals surface area (Å²) in [5.74, 6) is -0.623. The van der Waals surface area contributed by atoms with Crippen LogP contribution >= 0.6 is 11.9 Å². The average Bonchev–Trinajstić information content (AvgIpc) is 3.36. The first-order chi connectivity index (χ1) is 14.1. The molecular weight excluding hydrogens is 388 g/mol. The van der Waals surface area contributed by atoms with Crippen LogP contribution in [0.4, 0.5) is 5.69 Å². The molecule has 2 aliphatic heterocycles. The zero-order chi connectivity index (χ0) is 20.0. The van der Waals surface area contributed by atoms with Crippen molar-refractivity contribution in [1.29, 1.82) is 0 Å². The predicted octanol–water partition coefficient (Wildman–Crippen LogP) is 2.14. The number of hydrogen-bond donors (Lipinski definition) is 6. The summed E-state index contributed by atoms with van der Waals surface area (Å²) in [7, 11) is 0. The lowest BCUT2D eigenvalue weighted by molar-refractivity contribution is -0.124. The molecule has 148 valence electrons. The van der Waals surface area contributed by atoms with E-state index in [1.807, 2.05) is 31.2 Å². The molecule has 3 heterocycles. The van der Waals surface area contributed by atoms with Gasteiger partial charge in [0.15, 0.2) is 0 Å². The van der Waals surface area contributed by atoms with Crippen molar-refractivity contribution in [1.82, 2.24) is 26.0 Å². The molecule has 9 heteroatoms. The summed E-state index contributed by atoms with van der Waals surface area (Å²) in [6.45, 7) is 2.02. The molecule has 2 aliphatic rings. The van der Waals surface area contributed by atoms with Gasteiger partial charge >= 0.3 is 0 Å². The van der Waals surface area contributed by atoms with E-state index < -0.39 is 6.04 Å². The number of para-hydroxylation sites is 1. The lowest BCUT2D eigenvalue weighted by Gasteiger charge is -2.28. The lowest BCUT2D eigenvalue weighted by Crippen LogP contribution is -2.53. The second-order valence-corrected chi connectivity index (χ2v) is 7.98. The SMILES string of the molecule is C[C@@H]1N[C@H](C(=O)NNC(=O)c2cccc3c2SNN3)Cc2c1[nH]c1ccccc21. The molecule has 0 bridgehead atoms. The topological polar surface area (TPSA) is 110 Å². The van der Waals surface area contributed by atoms with Crippen LogP contribution in [0.2, 0.25) is 0 Å². The number of H-pyrrole nitrogens is 1. The summed E-state index contributed by atoms with van der Waals surface area (Å²) in [6, 6.07) is 13.1. The monoisotopic (exact) mass is 408 g/mol. The third-order valence-corrected chi connectivity index (χ3v) is 6.20. The number of aromatic amines is 1. The van der Waals surface area contributed by atoms with E-state index >= 15 is 0 Å². The van der Waals surface area contributed by atoms with Crippen molar-refractivity contribution >= 4 is 40.4 Å². The standard InChI is InChI=1S/C20H20N6O2S/c1-10-17-13(11-5-2-3-7-14(11)22-17)9-16(21-10)20(28)25-24-19(27)12-6-4-8-15-18(12)29-26-23-15/h2-8,10,16,21-23,26H,9H2,1H3,(H,24,27)(H,25,28)/t10-,16-/m0/s1. The van der Waals surface area contributed by atoms with Crippen molar-refractivity contribution in [2.45, 2.75) is 30.3 Å². The summed E-state index contributed by atoms with van der Waals surface area (Å²) in [5.41, 5.74) is 12.7. The number of rotatable bonds is 2. The highest BCUT2D eigenvalue weighted by atomic mass is 32.2. The van der Waals surface area contributed by atoms with Gasteiger partial charge in [0.25, 0.3) is 11.8 Å². The van der Waals surface area contributed by atoms with Crippen molar-refractivity contribution in [2.75, 3.05) is 5.43 Å². The molecule has 0 unspecified atom stereocenters. The summed E-state index contributed by atoms with van der Waals surface area (Å²) in [4.78, 5) is 32.5. The van der Waals surface area contributed by atoms with Gasteiger partial charge in [-0.1, -0.05) is 24.3 Å². The van der Waals surface area contributed by atoms with Crippen LogP contribution in [0.3, 0.4) is 0 Å². The van der Waals surface area contributed by atoms with E-state index in [0.717, 1.165) is 32.7 Å². The minimum Gasteiger partial charge on any atom is -0.357 e. The van der Waals surface area contributed by atoms with Crippen LogP contribution in [0.25, 0.3) is 10.9 Å². The Labute approximate surface area is 171 Å². The highest BCUT2D eigenvalue weighted by molar-refractivity contribution is 7.98. The highest BCUT2D eigenvalue weighted by Crippen LogP contribution is 2.33. The number of anilines is 1. The maximum Gasteiger partial charge on any atom is 0.270 e. The van der Waals surface area contributed by atoms with Gasteiger partial charge in [0.1, 0.15) is 0 Å². The number of hydrazine groups is 2. The Balaban J connectivity index is 1.29. The van der Waals surface area contributed by atoms with Gasteiger partial charge in [-0.15, -0.1) is 0 Å². The number of amides is 2. The maximum atomic E-state index is 12.8. The van der Waals surface area contributed by atoms with Crippen LogP contribution in [0.5, 0.6) is 0 Å². The Morgan fingerprint density at radius 1 is 1.10 bits per heavy atom. The Morgan fingerprint density at radius 2 is 1.97 bits per heavy atom. The van der Waals surface area contributed by atoms with E-state index in [-0.39, 0.29) is 17.9 Å². The fourth-order valence-corrected chi connectivity index (χ4v) is 4.72. The maximum absolute atomic E-state index is 12.8. The van der Waals surface area contributed by atoms with Crippen LogP contribution in [0.15, 0.2) is 47.4 Å². The first kappa shape index (κ1) is 18.0. The number of benzene rings is 2. The molecule has 6 N–H and O–H groups in total. The molecule has 0 saturated heterocycles. The smallest absolute Gasteiger partial charge is 0.270 e. The molecule has 0 fully saturated rings. The van der Waals surface area contributed by atoms with E-state index in [4.69, 9.17) is 0 Å². The number of carbonyl (C=O) groups excluding carboxylic acids is 2. The van der Waals surface area contributed by atoms with Gasteiger partial charge in [0, 0.05) is 22.6 Å². The molecule has 29 heavy (non-hydrogen) atoms. The fourth-order valence-electron chi connectivity index (χ4n) is 3.96. The second kappa shape index (κ2) is 7.11. The normalized spacial score (nSPS) is 19.9. The van der Waals surface area contributed by atoms with Gasteiger partial charge in [-0.2, -0.15) is 4.83 Å². The molecule has 0 aliphatic carbocycles. The van der Waals surface area contributed by atoms with Crippen LogP contribution in [0.1, 0.15) is 34.6 Å². The molecule has 2 aromatic carbocycles. The highest BCUT2D eigenvalue weighted by Gasteiger charge is 2.31. The van der Waals surface area contributed by atoms with Crippen molar-refractivity contribution in [3.8, 4) is 0 Å². The number of nitrogens with one attached hydrogen (secondary N) is 6. The van der Waals surface area contributed by atoms with Crippen LogP contribution < -0.4 is 26.4 Å². The minimum absolute atomic E-state index is 0.00328. The van der Waals surface area contributed by atoms with Gasteiger partial charge in [0.2, 0.25) is 0 Å². The molecule has 3 aromatic rings. The number of fused-ring (bicyclic) bond motifs is 4. The molecule has 8 nitrogen and oxygen atoms in total. The number of carbonyl (C=O) groups is 2. The van der Waals surface area contributed by atoms with Crippen LogP contribution in [-0.4, -0.2) is 22.8 Å². The quantitative estimate of drug-likeness (QED) is 0.286. The molecule has 1 aromatic heterocycles. The van der Waals surface area contributed by atoms with Crippen molar-refractivity contribution in [2.24, 2.45) is 0 Å². The first-order valence-corrected chi connectivity index (χ1v) is 10.2. The van der Waals surface area contributed by atoms with E-state index in [1.165, 1.54) is 11.9 Å². The van der Waals surface area contributed by atoms with E-state index in [2.05, 4.69) is 37.5 Å². The fraction of sp³-hybridized carbons (Fsp3) is 0.200. The minimum atomic E-state index is -0.434. The van der Waals surface area contributed by atoms with E-state index in [0.29, 0.717) is 12.0 Å². The largest absolute Gasteiger partial charge is 0.357 e. The third-order valence-electron chi connectivity index (χ3n) is 5.35. The summed E-state index contributed by atoms with van der Waals surface area (Å²) in [6.07, 6.45) is 0.551. The van der Waals surface area contributed by atoms with Gasteiger partial charge < -0.3 is 10.4 Å². The lowest BCUT2D eigenvalue weighted by atomic mass is 9.94. The number of hydrogen-bond acceptors (Lipinski definition) is 6. The van der Waals surface area contributed by atoms with Gasteiger partial charge in [-0.3, -0.25) is 25.8 Å². The van der Waals surface area contributed by atoms with Crippen molar-refractivity contribution in [3.05, 3.63) is 59.3 Å². The molecule has 2 atom stereocenters. The molecular formula is C20H20N6O2S. The Bertz CT molecular complexity index is 1130. The van der Waals surface area contributed by atoms with Crippen molar-refractivity contribution < 1.29 is 9.59 Å². The Morgan fingerprint density at radius 3 is 2.86 bits per heavy atom. The summed E-state index contributed by atoms with van der Waals surface area (Å²) >= 11 is 1.33. The molecule has 5 rings (SSSR count). The predicted molar refractivity (Wildman–Crippen MR) is 112 cm³/mol. The van der Waals surface area contributed by atoms with E-state index in [9.17, 15) is 9.59 Å². The second-order valence-electron chi connectivity index (χ2n) is 7.16. The van der Waals surface area contributed by atoms with Gasteiger partial charge in [0.05, 0.1) is 22.2 Å². The Hall–Kier alpha value is -3.01. The zero-order valence-electron chi connectivity index (χ0n) is 15.6. The van der Waals surface area contributed by atoms with Gasteiger partial charge in [-0.25, -0.2) is 0 Å². The molecule has 0 saturated carbocycles. The van der Waals surface area contributed by atoms with Crippen LogP contribution in [-0.2, 0) is 11.2 Å². The van der Waals surface area contributed by atoms with Gasteiger partial charge in [-0.05, 0) is 49.1 Å². The summed E-state index contributed by atoms with van der Waals surface area (Å²) < 4.78 is 0. The molecule has 2 amide bonds. The average molecular weight is 408 g/mol. The summed E-state index contributed by atoms with van der Waals surface area (Å²) in [5, 5.41) is 4.45. The Kier molecular flexibility index (Phi) is 4.42. The first-order valence-electron chi connectivity index (χ1n) is 9.38. The molecule has 0 radical (unpaired) electrons. The van der Waals surface area contributed by atoms with Crippen molar-refractivity contribution in [3.63, 3.8) is 0 Å². The molecule has 0 spiro atoms. The van der Waals surface area contributed by atoms with E-state index in [1.54, 1.807) is 12.1 Å².